The van der Waals surface area contributed by atoms with Crippen LogP contribution < -0.4 is 10.5 Å². The van der Waals surface area contributed by atoms with Crippen LogP contribution in [0.2, 0.25) is 0 Å². The van der Waals surface area contributed by atoms with Crippen LogP contribution >= 0.6 is 0 Å². The normalized spacial score (nSPS) is 12.5. The molecule has 1 rings (SSSR count). The van der Waals surface area contributed by atoms with Crippen LogP contribution in [0.3, 0.4) is 0 Å². The Morgan fingerprint density at radius 3 is 2.76 bits per heavy atom. The van der Waals surface area contributed by atoms with E-state index in [1.54, 1.807) is 6.07 Å². The number of ether oxygens (including phenoxy) is 1. The molecule has 1 aromatic rings. The summed E-state index contributed by atoms with van der Waals surface area (Å²) in [5, 5.41) is 0. The second kappa shape index (κ2) is 7.28. The number of benzene rings is 1. The summed E-state index contributed by atoms with van der Waals surface area (Å²) >= 11 is 0. The van der Waals surface area contributed by atoms with Gasteiger partial charge in [-0.1, -0.05) is 19.8 Å². The molecule has 0 saturated heterocycles. The van der Waals surface area contributed by atoms with Crippen LogP contribution in [0.25, 0.3) is 0 Å². The molecule has 0 aliphatic carbocycles. The zero-order chi connectivity index (χ0) is 12.7. The Morgan fingerprint density at radius 1 is 1.35 bits per heavy atom. The summed E-state index contributed by atoms with van der Waals surface area (Å²) in [6, 6.07) is 4.65. The van der Waals surface area contributed by atoms with E-state index in [9.17, 15) is 4.39 Å². The van der Waals surface area contributed by atoms with Gasteiger partial charge in [0.05, 0.1) is 6.61 Å². The molecule has 17 heavy (non-hydrogen) atoms. The van der Waals surface area contributed by atoms with E-state index in [0.717, 1.165) is 24.2 Å². The molecule has 1 atom stereocenters. The van der Waals surface area contributed by atoms with Gasteiger partial charge >= 0.3 is 0 Å². The van der Waals surface area contributed by atoms with Crippen molar-refractivity contribution in [3.63, 3.8) is 0 Å². The van der Waals surface area contributed by atoms with Crippen molar-refractivity contribution in [2.24, 2.45) is 5.73 Å². The average molecular weight is 239 g/mol. The fourth-order valence-electron chi connectivity index (χ4n) is 1.73. The molecule has 0 saturated carbocycles. The molecule has 2 N–H and O–H groups in total. The number of rotatable bonds is 7. The lowest BCUT2D eigenvalue weighted by atomic mass is 10.1. The molecule has 0 bridgehead atoms. The van der Waals surface area contributed by atoms with Crippen molar-refractivity contribution < 1.29 is 9.13 Å². The molecule has 1 aromatic carbocycles. The third kappa shape index (κ3) is 5.18. The maximum absolute atomic E-state index is 13.1. The van der Waals surface area contributed by atoms with Crippen molar-refractivity contribution >= 4 is 0 Å². The van der Waals surface area contributed by atoms with Crippen molar-refractivity contribution in [1.82, 2.24) is 0 Å². The van der Waals surface area contributed by atoms with Crippen LogP contribution in [0.4, 0.5) is 4.39 Å². The zero-order valence-corrected chi connectivity index (χ0v) is 10.7. The molecule has 0 radical (unpaired) electrons. The third-order valence-electron chi connectivity index (χ3n) is 2.57. The first kappa shape index (κ1) is 14.0. The summed E-state index contributed by atoms with van der Waals surface area (Å²) in [5.41, 5.74) is 6.60. The number of hydrogen-bond acceptors (Lipinski definition) is 2. The highest BCUT2D eigenvalue weighted by molar-refractivity contribution is 5.34. The molecule has 0 heterocycles. The smallest absolute Gasteiger partial charge is 0.123 e. The fourth-order valence-corrected chi connectivity index (χ4v) is 1.73. The average Bonchev–Trinajstić information content (AvgIpc) is 2.26. The summed E-state index contributed by atoms with van der Waals surface area (Å²) in [6.45, 7) is 4.75. The van der Waals surface area contributed by atoms with Crippen LogP contribution in [0.5, 0.6) is 5.75 Å². The lowest BCUT2D eigenvalue weighted by Gasteiger charge is -2.13. The predicted octanol–water partition coefficient (Wildman–Crippen LogP) is 3.28. The van der Waals surface area contributed by atoms with E-state index >= 15 is 0 Å². The molecule has 3 heteroatoms. The van der Waals surface area contributed by atoms with Gasteiger partial charge in [-0.2, -0.15) is 0 Å². The van der Waals surface area contributed by atoms with Crippen molar-refractivity contribution in [2.45, 2.75) is 45.6 Å². The summed E-state index contributed by atoms with van der Waals surface area (Å²) in [4.78, 5) is 0. The van der Waals surface area contributed by atoms with E-state index < -0.39 is 0 Å². The molecule has 0 fully saturated rings. The Labute approximate surface area is 103 Å². The van der Waals surface area contributed by atoms with Gasteiger partial charge in [0.1, 0.15) is 11.6 Å². The number of unbranched alkanes of at least 4 members (excludes halogenated alkanes) is 2. The first-order valence-corrected chi connectivity index (χ1v) is 6.30. The monoisotopic (exact) mass is 239 g/mol. The van der Waals surface area contributed by atoms with Crippen LogP contribution in [-0.4, -0.2) is 12.6 Å². The first-order valence-electron chi connectivity index (χ1n) is 6.30. The minimum Gasteiger partial charge on any atom is -0.493 e. The van der Waals surface area contributed by atoms with Crippen molar-refractivity contribution in [2.75, 3.05) is 6.61 Å². The van der Waals surface area contributed by atoms with Crippen LogP contribution in [0.15, 0.2) is 18.2 Å². The summed E-state index contributed by atoms with van der Waals surface area (Å²) < 4.78 is 18.8. The van der Waals surface area contributed by atoms with E-state index in [0.29, 0.717) is 13.0 Å². The molecule has 96 valence electrons. The second-order valence-electron chi connectivity index (χ2n) is 4.49. The number of nitrogens with two attached hydrogens (primary N) is 1. The zero-order valence-electron chi connectivity index (χ0n) is 10.7. The van der Waals surface area contributed by atoms with E-state index in [-0.39, 0.29) is 11.9 Å². The van der Waals surface area contributed by atoms with E-state index in [1.807, 2.05) is 6.92 Å². The molecule has 0 aromatic heterocycles. The molecule has 0 aliphatic rings. The van der Waals surface area contributed by atoms with Crippen LogP contribution in [0, 0.1) is 5.82 Å². The Kier molecular flexibility index (Phi) is 5.98. The Morgan fingerprint density at radius 2 is 2.12 bits per heavy atom. The molecule has 1 unspecified atom stereocenters. The van der Waals surface area contributed by atoms with Gasteiger partial charge in [0.25, 0.3) is 0 Å². The van der Waals surface area contributed by atoms with E-state index in [1.165, 1.54) is 18.6 Å². The van der Waals surface area contributed by atoms with Gasteiger partial charge in [0, 0.05) is 6.04 Å². The standard InChI is InChI=1S/C14H22FNO/c1-3-4-5-8-17-14-7-6-13(15)10-12(14)9-11(2)16/h6-7,10-11H,3-5,8-9,16H2,1-2H3. The highest BCUT2D eigenvalue weighted by atomic mass is 19.1. The summed E-state index contributed by atoms with van der Waals surface area (Å²) in [6.07, 6.45) is 4.00. The van der Waals surface area contributed by atoms with Gasteiger partial charge in [0.2, 0.25) is 0 Å². The highest BCUT2D eigenvalue weighted by Gasteiger charge is 2.07. The van der Waals surface area contributed by atoms with Crippen molar-refractivity contribution in [3.05, 3.63) is 29.6 Å². The minimum absolute atomic E-state index is 0.00907. The van der Waals surface area contributed by atoms with E-state index in [2.05, 4.69) is 6.92 Å². The van der Waals surface area contributed by atoms with Crippen molar-refractivity contribution in [3.8, 4) is 5.75 Å². The van der Waals surface area contributed by atoms with Crippen molar-refractivity contribution in [1.29, 1.82) is 0 Å². The lowest BCUT2D eigenvalue weighted by Crippen LogP contribution is -2.18. The maximum atomic E-state index is 13.1. The second-order valence-corrected chi connectivity index (χ2v) is 4.49. The number of halogens is 1. The first-order chi connectivity index (χ1) is 8.13. The number of hydrogen-bond donors (Lipinski definition) is 1. The molecule has 0 amide bonds. The molecular weight excluding hydrogens is 217 g/mol. The third-order valence-corrected chi connectivity index (χ3v) is 2.57. The molecule has 0 aliphatic heterocycles. The summed E-state index contributed by atoms with van der Waals surface area (Å²) in [5.74, 6) is 0.529. The lowest BCUT2D eigenvalue weighted by molar-refractivity contribution is 0.302. The van der Waals surface area contributed by atoms with Gasteiger partial charge < -0.3 is 10.5 Å². The topological polar surface area (TPSA) is 35.2 Å². The Balaban J connectivity index is 2.62. The molecular formula is C14H22FNO. The SMILES string of the molecule is CCCCCOc1ccc(F)cc1CC(C)N. The maximum Gasteiger partial charge on any atom is 0.123 e. The quantitative estimate of drug-likeness (QED) is 0.741. The van der Waals surface area contributed by atoms with E-state index in [4.69, 9.17) is 10.5 Å². The van der Waals surface area contributed by atoms with Crippen LogP contribution in [0.1, 0.15) is 38.7 Å². The molecule has 2 nitrogen and oxygen atoms in total. The van der Waals surface area contributed by atoms with Gasteiger partial charge in [0.15, 0.2) is 0 Å². The fraction of sp³-hybridized carbons (Fsp3) is 0.571. The highest BCUT2D eigenvalue weighted by Crippen LogP contribution is 2.21. The summed E-state index contributed by atoms with van der Waals surface area (Å²) in [7, 11) is 0. The largest absolute Gasteiger partial charge is 0.493 e. The Bertz CT molecular complexity index is 339. The van der Waals surface area contributed by atoms with Gasteiger partial charge in [-0.25, -0.2) is 4.39 Å². The predicted molar refractivity (Wildman–Crippen MR) is 68.8 cm³/mol. The minimum atomic E-state index is -0.235. The van der Waals surface area contributed by atoms with Gasteiger partial charge in [-0.15, -0.1) is 0 Å². The van der Waals surface area contributed by atoms with Gasteiger partial charge in [-0.05, 0) is 43.5 Å². The molecule has 0 spiro atoms. The van der Waals surface area contributed by atoms with Gasteiger partial charge in [-0.3, -0.25) is 0 Å². The Hall–Kier alpha value is -1.09. The van der Waals surface area contributed by atoms with Crippen LogP contribution in [-0.2, 0) is 6.42 Å².